The quantitative estimate of drug-likeness (QED) is 0.591. The first-order valence-electron chi connectivity index (χ1n) is 10.3. The van der Waals surface area contributed by atoms with Gasteiger partial charge in [0, 0.05) is 6.54 Å². The number of hydrogen-bond donors (Lipinski definition) is 1. The van der Waals surface area contributed by atoms with Gasteiger partial charge < -0.3 is 9.88 Å². The smallest absolute Gasteiger partial charge is 0.258 e. The van der Waals surface area contributed by atoms with Gasteiger partial charge in [-0.05, 0) is 37.3 Å². The Balaban J connectivity index is 1.33. The number of fused-ring (bicyclic) bond motifs is 6. The van der Waals surface area contributed by atoms with E-state index < -0.39 is 0 Å². The van der Waals surface area contributed by atoms with E-state index in [9.17, 15) is 19.2 Å². The molecule has 2 heterocycles. The molecule has 2 bridgehead atoms. The zero-order valence-electron chi connectivity index (χ0n) is 16.6. The van der Waals surface area contributed by atoms with E-state index in [0.717, 1.165) is 11.3 Å². The van der Waals surface area contributed by atoms with Gasteiger partial charge in [-0.15, -0.1) is 0 Å². The molecule has 0 radical (unpaired) electrons. The molecule has 1 aromatic carbocycles. The molecule has 30 heavy (non-hydrogen) atoms. The number of rotatable bonds is 5. The van der Waals surface area contributed by atoms with Crippen LogP contribution in [0.15, 0.2) is 41.2 Å². The maximum Gasteiger partial charge on any atom is 0.258 e. The third-order valence-electron chi connectivity index (χ3n) is 6.59. The molecule has 3 aliphatic rings. The Hall–Kier alpha value is -3.29. The molecule has 5 rings (SSSR count). The Bertz CT molecular complexity index is 1120. The van der Waals surface area contributed by atoms with Gasteiger partial charge in [-0.3, -0.25) is 24.1 Å². The van der Waals surface area contributed by atoms with E-state index >= 15 is 0 Å². The predicted molar refractivity (Wildman–Crippen MR) is 108 cm³/mol. The summed E-state index contributed by atoms with van der Waals surface area (Å²) in [5.41, 5.74) is 0.292. The van der Waals surface area contributed by atoms with Gasteiger partial charge in [0.1, 0.15) is 12.4 Å². The fraction of sp³-hybridized carbons (Fsp3) is 0.409. The van der Waals surface area contributed by atoms with Gasteiger partial charge in [-0.1, -0.05) is 24.3 Å². The zero-order chi connectivity index (χ0) is 21.0. The van der Waals surface area contributed by atoms with Gasteiger partial charge in [-0.25, -0.2) is 4.98 Å². The topological polar surface area (TPSA) is 103 Å². The van der Waals surface area contributed by atoms with E-state index in [1.807, 2.05) is 19.1 Å². The molecular formula is C22H22N4O4. The van der Waals surface area contributed by atoms with E-state index in [-0.39, 0.29) is 60.0 Å². The molecule has 2 aliphatic carbocycles. The molecule has 8 heteroatoms. The van der Waals surface area contributed by atoms with Crippen LogP contribution >= 0.6 is 0 Å². The minimum absolute atomic E-state index is 0.102. The molecule has 8 nitrogen and oxygen atoms in total. The standard InChI is InChI=1S/C22H22N4O4/c1-2-25(10-16-23-15-6-4-3-5-14(15)20(28)24-16)17(27)11-26-21(29)18-12-7-8-13(9-12)19(18)22(26)30/h3-8,12-13,18-19H,2,9-11H2,1H3,(H,23,24,28). The average Bonchev–Trinajstić information content (AvgIpc) is 3.42. The molecule has 4 unspecified atom stereocenters. The lowest BCUT2D eigenvalue weighted by atomic mass is 9.85. The number of H-pyrrole nitrogens is 1. The minimum atomic E-state index is -0.338. The monoisotopic (exact) mass is 406 g/mol. The van der Waals surface area contributed by atoms with Gasteiger partial charge in [0.2, 0.25) is 17.7 Å². The SMILES string of the molecule is CCN(Cc1nc2ccccc2c(=O)[nH]1)C(=O)CN1C(=O)C2C3C=CC(C3)C2C1=O. The van der Waals surface area contributed by atoms with Crippen molar-refractivity contribution in [1.82, 2.24) is 19.8 Å². The highest BCUT2D eigenvalue weighted by Gasteiger charge is 2.59. The van der Waals surface area contributed by atoms with Gasteiger partial charge in [-0.2, -0.15) is 0 Å². The highest BCUT2D eigenvalue weighted by Crippen LogP contribution is 2.52. The highest BCUT2D eigenvalue weighted by molar-refractivity contribution is 6.08. The molecule has 154 valence electrons. The van der Waals surface area contributed by atoms with E-state index in [0.29, 0.717) is 23.3 Å². The first-order chi connectivity index (χ1) is 14.5. The molecule has 1 saturated carbocycles. The molecule has 1 saturated heterocycles. The van der Waals surface area contributed by atoms with Crippen LogP contribution in [0, 0.1) is 23.7 Å². The fourth-order valence-electron chi connectivity index (χ4n) is 5.12. The molecule has 2 aromatic rings. The number of aromatic nitrogens is 2. The molecular weight excluding hydrogens is 384 g/mol. The van der Waals surface area contributed by atoms with Crippen LogP contribution in [-0.4, -0.2) is 50.6 Å². The van der Waals surface area contributed by atoms with E-state index in [1.54, 1.807) is 24.3 Å². The van der Waals surface area contributed by atoms with Gasteiger partial charge in [0.05, 0.1) is 29.3 Å². The molecule has 1 aromatic heterocycles. The largest absolute Gasteiger partial charge is 0.334 e. The molecule has 4 atom stereocenters. The Morgan fingerprint density at radius 1 is 1.13 bits per heavy atom. The van der Waals surface area contributed by atoms with Crippen molar-refractivity contribution in [3.63, 3.8) is 0 Å². The molecule has 1 aliphatic heterocycles. The lowest BCUT2D eigenvalue weighted by Gasteiger charge is -2.24. The van der Waals surface area contributed by atoms with Crippen LogP contribution in [0.5, 0.6) is 0 Å². The van der Waals surface area contributed by atoms with Crippen LogP contribution in [-0.2, 0) is 20.9 Å². The first kappa shape index (κ1) is 18.7. The number of benzene rings is 1. The number of nitrogens with one attached hydrogen (secondary N) is 1. The molecule has 3 amide bonds. The number of aromatic amines is 1. The summed E-state index contributed by atoms with van der Waals surface area (Å²) in [4.78, 5) is 60.6. The second-order valence-electron chi connectivity index (χ2n) is 8.20. The van der Waals surface area contributed by atoms with Gasteiger partial charge in [0.15, 0.2) is 0 Å². The van der Waals surface area contributed by atoms with E-state index in [4.69, 9.17) is 0 Å². The van der Waals surface area contributed by atoms with E-state index in [2.05, 4.69) is 9.97 Å². The molecule has 2 fully saturated rings. The van der Waals surface area contributed by atoms with E-state index in [1.165, 1.54) is 4.90 Å². The summed E-state index contributed by atoms with van der Waals surface area (Å²) in [5.74, 6) is -0.825. The summed E-state index contributed by atoms with van der Waals surface area (Å²) >= 11 is 0. The number of carbonyl (C=O) groups is 3. The molecule has 1 N–H and O–H groups in total. The van der Waals surface area contributed by atoms with Crippen LogP contribution in [0.4, 0.5) is 0 Å². The second-order valence-corrected chi connectivity index (χ2v) is 8.20. The third-order valence-corrected chi connectivity index (χ3v) is 6.59. The number of imide groups is 1. The third kappa shape index (κ3) is 2.78. The van der Waals surface area contributed by atoms with Crippen molar-refractivity contribution in [3.8, 4) is 0 Å². The number of carbonyl (C=O) groups excluding carboxylic acids is 3. The summed E-state index contributed by atoms with van der Waals surface area (Å²) < 4.78 is 0. The lowest BCUT2D eigenvalue weighted by Crippen LogP contribution is -2.43. The Morgan fingerprint density at radius 2 is 1.80 bits per heavy atom. The zero-order valence-corrected chi connectivity index (χ0v) is 16.6. The van der Waals surface area contributed by atoms with Crippen molar-refractivity contribution >= 4 is 28.6 Å². The van der Waals surface area contributed by atoms with Crippen molar-refractivity contribution < 1.29 is 14.4 Å². The van der Waals surface area contributed by atoms with Crippen molar-refractivity contribution in [3.05, 3.63) is 52.6 Å². The number of hydrogen-bond acceptors (Lipinski definition) is 5. The summed E-state index contributed by atoms with van der Waals surface area (Å²) in [6, 6.07) is 7.00. The Morgan fingerprint density at radius 3 is 2.47 bits per heavy atom. The van der Waals surface area contributed by atoms with Crippen LogP contribution in [0.3, 0.4) is 0 Å². The fourth-order valence-corrected chi connectivity index (χ4v) is 5.12. The number of likely N-dealkylation sites (N-methyl/N-ethyl adjacent to an activating group) is 1. The van der Waals surface area contributed by atoms with Crippen molar-refractivity contribution in [2.75, 3.05) is 13.1 Å². The maximum atomic E-state index is 12.9. The Kier molecular flexibility index (Phi) is 4.30. The van der Waals surface area contributed by atoms with Crippen molar-refractivity contribution in [1.29, 1.82) is 0 Å². The first-order valence-corrected chi connectivity index (χ1v) is 10.3. The van der Waals surface area contributed by atoms with Gasteiger partial charge in [0.25, 0.3) is 5.56 Å². The number of amides is 3. The van der Waals surface area contributed by atoms with Crippen LogP contribution < -0.4 is 5.56 Å². The van der Waals surface area contributed by atoms with Gasteiger partial charge >= 0.3 is 0 Å². The summed E-state index contributed by atoms with van der Waals surface area (Å²) in [5, 5.41) is 0.485. The van der Waals surface area contributed by atoms with Crippen LogP contribution in [0.25, 0.3) is 10.9 Å². The number of nitrogens with zero attached hydrogens (tertiary/aromatic N) is 3. The Labute approximate surface area is 172 Å². The summed E-state index contributed by atoms with van der Waals surface area (Å²) in [7, 11) is 0. The highest BCUT2D eigenvalue weighted by atomic mass is 16.2. The summed E-state index contributed by atoms with van der Waals surface area (Å²) in [6.07, 6.45) is 4.92. The maximum absolute atomic E-state index is 12.9. The van der Waals surface area contributed by atoms with Crippen LogP contribution in [0.1, 0.15) is 19.2 Å². The number of likely N-dealkylation sites (tertiary alicyclic amines) is 1. The average molecular weight is 406 g/mol. The molecule has 0 spiro atoms. The normalized spacial score (nSPS) is 26.6. The predicted octanol–water partition coefficient (Wildman–Crippen LogP) is 1.08. The van der Waals surface area contributed by atoms with Crippen molar-refractivity contribution in [2.45, 2.75) is 19.9 Å². The minimum Gasteiger partial charge on any atom is -0.334 e. The summed E-state index contributed by atoms with van der Waals surface area (Å²) in [6.45, 7) is 2.01. The number of allylic oxidation sites excluding steroid dienone is 2. The lowest BCUT2D eigenvalue weighted by molar-refractivity contribution is -0.147. The van der Waals surface area contributed by atoms with Crippen molar-refractivity contribution in [2.24, 2.45) is 23.7 Å². The number of para-hydroxylation sites is 1. The van der Waals surface area contributed by atoms with Crippen LogP contribution in [0.2, 0.25) is 0 Å². The second kappa shape index (κ2) is 6.90.